The van der Waals surface area contributed by atoms with Gasteiger partial charge in [0.2, 0.25) is 0 Å². The summed E-state index contributed by atoms with van der Waals surface area (Å²) < 4.78 is 0. The number of imidazole rings is 1. The molecule has 0 bridgehead atoms. The lowest BCUT2D eigenvalue weighted by atomic mass is 9.93. The van der Waals surface area contributed by atoms with Crippen LogP contribution in [0.2, 0.25) is 0 Å². The van der Waals surface area contributed by atoms with Crippen molar-refractivity contribution in [3.8, 4) is 0 Å². The highest BCUT2D eigenvalue weighted by atomic mass is 15.2. The van der Waals surface area contributed by atoms with Crippen LogP contribution in [0.5, 0.6) is 0 Å². The molecule has 0 saturated carbocycles. The molecule has 0 radical (unpaired) electrons. The Hall–Kier alpha value is -1.62. The van der Waals surface area contributed by atoms with Crippen molar-refractivity contribution in [3.63, 3.8) is 0 Å². The van der Waals surface area contributed by atoms with Gasteiger partial charge in [0.05, 0.1) is 6.54 Å². The molecule has 1 saturated heterocycles. The van der Waals surface area contributed by atoms with Crippen molar-refractivity contribution in [1.82, 2.24) is 25.1 Å². The second kappa shape index (κ2) is 5.35. The molecule has 0 amide bonds. The molecule has 0 aliphatic carbocycles. The van der Waals surface area contributed by atoms with Gasteiger partial charge in [0.15, 0.2) is 0 Å². The molecule has 3 heterocycles. The van der Waals surface area contributed by atoms with E-state index in [4.69, 9.17) is 0 Å². The number of H-pyrrole nitrogens is 2. The summed E-state index contributed by atoms with van der Waals surface area (Å²) >= 11 is 0. The average molecular weight is 245 g/mol. The number of likely N-dealkylation sites (tertiary alicyclic amines) is 1. The van der Waals surface area contributed by atoms with E-state index in [2.05, 4.69) is 31.1 Å². The van der Waals surface area contributed by atoms with Gasteiger partial charge in [-0.25, -0.2) is 4.98 Å². The molecular formula is C13H19N5. The van der Waals surface area contributed by atoms with Crippen molar-refractivity contribution in [1.29, 1.82) is 0 Å². The summed E-state index contributed by atoms with van der Waals surface area (Å²) in [6, 6.07) is 2.07. The Morgan fingerprint density at radius 1 is 1.39 bits per heavy atom. The fourth-order valence-corrected chi connectivity index (χ4v) is 2.77. The molecule has 2 aromatic rings. The zero-order valence-electron chi connectivity index (χ0n) is 10.5. The van der Waals surface area contributed by atoms with Crippen molar-refractivity contribution in [3.05, 3.63) is 36.2 Å². The molecule has 5 nitrogen and oxygen atoms in total. The van der Waals surface area contributed by atoms with E-state index in [1.807, 2.05) is 18.6 Å². The predicted molar refractivity (Wildman–Crippen MR) is 68.9 cm³/mol. The summed E-state index contributed by atoms with van der Waals surface area (Å²) in [7, 11) is 0. The van der Waals surface area contributed by atoms with Gasteiger partial charge in [-0.3, -0.25) is 10.00 Å². The first-order valence-electron chi connectivity index (χ1n) is 6.59. The first-order valence-corrected chi connectivity index (χ1v) is 6.59. The topological polar surface area (TPSA) is 60.6 Å². The Balaban J connectivity index is 1.55. The maximum Gasteiger partial charge on any atom is 0.120 e. The molecule has 2 aromatic heterocycles. The van der Waals surface area contributed by atoms with E-state index in [-0.39, 0.29) is 0 Å². The molecule has 5 heteroatoms. The Morgan fingerprint density at radius 3 is 3.17 bits per heavy atom. The van der Waals surface area contributed by atoms with Crippen LogP contribution in [-0.4, -0.2) is 38.2 Å². The molecule has 0 spiro atoms. The predicted octanol–water partition coefficient (Wildman–Crippen LogP) is 1.59. The standard InChI is InChI=1S/C13H19N5/c1-2-11(8-12-3-4-16-17-12)9-18(7-1)10-13-14-5-6-15-13/h3-6,11H,1-2,7-10H2,(H,14,15)(H,16,17)/t11-/m0/s1. The third kappa shape index (κ3) is 2.79. The van der Waals surface area contributed by atoms with E-state index in [1.165, 1.54) is 25.1 Å². The summed E-state index contributed by atoms with van der Waals surface area (Å²) in [5.74, 6) is 1.80. The van der Waals surface area contributed by atoms with Crippen LogP contribution < -0.4 is 0 Å². The number of hydrogen-bond acceptors (Lipinski definition) is 3. The molecule has 1 fully saturated rings. The first kappa shape index (κ1) is 11.5. The van der Waals surface area contributed by atoms with Gasteiger partial charge < -0.3 is 4.98 Å². The van der Waals surface area contributed by atoms with Crippen LogP contribution in [0, 0.1) is 5.92 Å². The molecule has 1 atom stereocenters. The van der Waals surface area contributed by atoms with Crippen LogP contribution in [0.25, 0.3) is 0 Å². The van der Waals surface area contributed by atoms with Crippen LogP contribution in [-0.2, 0) is 13.0 Å². The number of hydrogen-bond donors (Lipinski definition) is 2. The lowest BCUT2D eigenvalue weighted by Gasteiger charge is -2.31. The van der Waals surface area contributed by atoms with E-state index >= 15 is 0 Å². The average Bonchev–Trinajstić information content (AvgIpc) is 3.03. The third-order valence-electron chi connectivity index (χ3n) is 3.60. The monoisotopic (exact) mass is 245 g/mol. The zero-order chi connectivity index (χ0) is 12.2. The van der Waals surface area contributed by atoms with Crippen molar-refractivity contribution >= 4 is 0 Å². The van der Waals surface area contributed by atoms with Gasteiger partial charge in [-0.2, -0.15) is 5.10 Å². The fourth-order valence-electron chi connectivity index (χ4n) is 2.77. The number of nitrogens with one attached hydrogen (secondary N) is 2. The number of aromatic nitrogens is 4. The minimum absolute atomic E-state index is 0.731. The molecule has 0 unspecified atom stereocenters. The van der Waals surface area contributed by atoms with E-state index in [0.717, 1.165) is 31.3 Å². The van der Waals surface area contributed by atoms with Crippen LogP contribution in [0.3, 0.4) is 0 Å². The first-order chi connectivity index (χ1) is 8.90. The number of nitrogens with zero attached hydrogens (tertiary/aromatic N) is 3. The SMILES string of the molecule is c1cc(C[C@@H]2CCCN(Cc3ncc[nH]3)C2)[nH]n1. The normalized spacial score (nSPS) is 21.2. The minimum atomic E-state index is 0.731. The molecule has 2 N–H and O–H groups in total. The Bertz CT molecular complexity index is 405. The molecule has 0 aromatic carbocycles. The van der Waals surface area contributed by atoms with Crippen LogP contribution in [0.15, 0.2) is 24.7 Å². The molecule has 96 valence electrons. The van der Waals surface area contributed by atoms with Gasteiger partial charge in [0, 0.05) is 30.8 Å². The van der Waals surface area contributed by atoms with Crippen molar-refractivity contribution in [2.75, 3.05) is 13.1 Å². The second-order valence-electron chi connectivity index (χ2n) is 5.07. The summed E-state index contributed by atoms with van der Waals surface area (Å²) in [6.07, 6.45) is 9.24. The summed E-state index contributed by atoms with van der Waals surface area (Å²) in [5, 5.41) is 7.07. The summed E-state index contributed by atoms with van der Waals surface area (Å²) in [5.41, 5.74) is 1.25. The van der Waals surface area contributed by atoms with Crippen molar-refractivity contribution in [2.45, 2.75) is 25.8 Å². The van der Waals surface area contributed by atoms with E-state index in [9.17, 15) is 0 Å². The molecule has 18 heavy (non-hydrogen) atoms. The van der Waals surface area contributed by atoms with E-state index in [0.29, 0.717) is 0 Å². The quantitative estimate of drug-likeness (QED) is 0.860. The number of rotatable bonds is 4. The number of piperidine rings is 1. The summed E-state index contributed by atoms with van der Waals surface area (Å²) in [4.78, 5) is 9.96. The smallest absolute Gasteiger partial charge is 0.120 e. The third-order valence-corrected chi connectivity index (χ3v) is 3.60. The van der Waals surface area contributed by atoms with Gasteiger partial charge in [-0.1, -0.05) is 0 Å². The van der Waals surface area contributed by atoms with Crippen molar-refractivity contribution < 1.29 is 0 Å². The number of aromatic amines is 2. The highest BCUT2D eigenvalue weighted by Gasteiger charge is 2.21. The maximum absolute atomic E-state index is 4.30. The van der Waals surface area contributed by atoms with Gasteiger partial charge >= 0.3 is 0 Å². The lowest BCUT2D eigenvalue weighted by molar-refractivity contribution is 0.163. The fraction of sp³-hybridized carbons (Fsp3) is 0.538. The molecule has 1 aliphatic heterocycles. The minimum Gasteiger partial charge on any atom is -0.348 e. The van der Waals surface area contributed by atoms with Crippen LogP contribution >= 0.6 is 0 Å². The molecule has 1 aliphatic rings. The Morgan fingerprint density at radius 2 is 2.39 bits per heavy atom. The van der Waals surface area contributed by atoms with Gasteiger partial charge in [0.25, 0.3) is 0 Å². The largest absolute Gasteiger partial charge is 0.348 e. The van der Waals surface area contributed by atoms with Gasteiger partial charge in [-0.05, 0) is 37.8 Å². The maximum atomic E-state index is 4.30. The van der Waals surface area contributed by atoms with Crippen LogP contribution in [0.1, 0.15) is 24.4 Å². The zero-order valence-corrected chi connectivity index (χ0v) is 10.5. The van der Waals surface area contributed by atoms with E-state index in [1.54, 1.807) is 0 Å². The molecule has 3 rings (SSSR count). The van der Waals surface area contributed by atoms with Gasteiger partial charge in [-0.15, -0.1) is 0 Å². The Labute approximate surface area is 107 Å². The lowest BCUT2D eigenvalue weighted by Crippen LogP contribution is -2.36. The highest BCUT2D eigenvalue weighted by Crippen LogP contribution is 2.20. The summed E-state index contributed by atoms with van der Waals surface area (Å²) in [6.45, 7) is 3.27. The van der Waals surface area contributed by atoms with Gasteiger partial charge in [0.1, 0.15) is 5.82 Å². The van der Waals surface area contributed by atoms with E-state index < -0.39 is 0 Å². The Kier molecular flexibility index (Phi) is 3.41. The second-order valence-corrected chi connectivity index (χ2v) is 5.07. The van der Waals surface area contributed by atoms with Crippen LogP contribution in [0.4, 0.5) is 0 Å². The molecular weight excluding hydrogens is 226 g/mol. The van der Waals surface area contributed by atoms with Crippen molar-refractivity contribution in [2.24, 2.45) is 5.92 Å². The highest BCUT2D eigenvalue weighted by molar-refractivity contribution is 4.99.